The number of benzene rings is 4. The van der Waals surface area contributed by atoms with E-state index in [1.54, 1.807) is 0 Å². The number of hydrogen-bond donors (Lipinski definition) is 0. The van der Waals surface area contributed by atoms with Crippen LogP contribution in [0.1, 0.15) is 11.1 Å². The van der Waals surface area contributed by atoms with Crippen molar-refractivity contribution in [3.8, 4) is 22.9 Å². The van der Waals surface area contributed by atoms with Gasteiger partial charge in [0.25, 0.3) is 0 Å². The van der Waals surface area contributed by atoms with E-state index in [4.69, 9.17) is 32.0 Å². The van der Waals surface area contributed by atoms with Crippen LogP contribution in [0.3, 0.4) is 0 Å². The highest BCUT2D eigenvalue weighted by Gasteiger charge is 2.11. The monoisotopic (exact) mass is 470 g/mol. The lowest BCUT2D eigenvalue weighted by Crippen LogP contribution is -1.88. The van der Waals surface area contributed by atoms with Crippen LogP contribution in [-0.2, 0) is 6.42 Å². The minimum absolute atomic E-state index is 0.581. The smallest absolute Gasteiger partial charge is 0.227 e. The molecule has 0 amide bonds. The Hall–Kier alpha value is -3.60. The molecule has 6 heteroatoms. The van der Waals surface area contributed by atoms with Crippen LogP contribution >= 0.6 is 23.2 Å². The minimum atomic E-state index is 0.581. The van der Waals surface area contributed by atoms with Crippen LogP contribution in [0.15, 0.2) is 93.8 Å². The molecule has 0 fully saturated rings. The van der Waals surface area contributed by atoms with Gasteiger partial charge in [-0.15, -0.1) is 0 Å². The fraction of sp³-hybridized carbons (Fsp3) is 0.0370. The molecule has 6 rings (SSSR count). The van der Waals surface area contributed by atoms with E-state index in [-0.39, 0.29) is 0 Å². The van der Waals surface area contributed by atoms with Crippen molar-refractivity contribution in [2.24, 2.45) is 0 Å². The van der Waals surface area contributed by atoms with Crippen LogP contribution in [0.4, 0.5) is 0 Å². The van der Waals surface area contributed by atoms with Gasteiger partial charge in [0.15, 0.2) is 11.2 Å². The molecule has 0 aliphatic carbocycles. The molecule has 0 aliphatic rings. The normalized spacial score (nSPS) is 11.5. The van der Waals surface area contributed by atoms with E-state index < -0.39 is 0 Å². The number of aromatic nitrogens is 2. The van der Waals surface area contributed by atoms with Gasteiger partial charge in [-0.2, -0.15) is 0 Å². The van der Waals surface area contributed by atoms with Crippen molar-refractivity contribution in [1.29, 1.82) is 0 Å². The van der Waals surface area contributed by atoms with Gasteiger partial charge in [0.05, 0.1) is 0 Å². The number of hydrogen-bond acceptors (Lipinski definition) is 4. The lowest BCUT2D eigenvalue weighted by molar-refractivity contribution is 0.619. The summed E-state index contributed by atoms with van der Waals surface area (Å²) in [5.74, 6) is 1.16. The van der Waals surface area contributed by atoms with E-state index in [1.165, 1.54) is 0 Å². The van der Waals surface area contributed by atoms with E-state index in [2.05, 4.69) is 34.2 Å². The lowest BCUT2D eigenvalue weighted by Gasteiger charge is -2.01. The Bertz CT molecular complexity index is 1480. The van der Waals surface area contributed by atoms with Gasteiger partial charge in [0.2, 0.25) is 11.8 Å². The predicted octanol–water partition coefficient (Wildman–Crippen LogP) is 8.20. The first kappa shape index (κ1) is 20.0. The maximum Gasteiger partial charge on any atom is 0.227 e. The third-order valence-electron chi connectivity index (χ3n) is 5.49. The quantitative estimate of drug-likeness (QED) is 0.260. The van der Waals surface area contributed by atoms with Gasteiger partial charge in [-0.3, -0.25) is 0 Å². The van der Waals surface area contributed by atoms with Gasteiger partial charge in [0.1, 0.15) is 11.0 Å². The number of nitrogens with zero attached hydrogens (tertiary/aromatic N) is 2. The highest BCUT2D eigenvalue weighted by molar-refractivity contribution is 6.30. The Morgan fingerprint density at radius 2 is 0.970 bits per heavy atom. The van der Waals surface area contributed by atoms with Crippen molar-refractivity contribution in [3.63, 3.8) is 0 Å². The van der Waals surface area contributed by atoms with E-state index in [0.717, 1.165) is 50.9 Å². The minimum Gasteiger partial charge on any atom is -0.436 e. The highest BCUT2D eigenvalue weighted by atomic mass is 35.5. The van der Waals surface area contributed by atoms with Crippen LogP contribution in [0.25, 0.3) is 45.1 Å². The second-order valence-corrected chi connectivity index (χ2v) is 8.71. The van der Waals surface area contributed by atoms with Gasteiger partial charge in [0, 0.05) is 21.2 Å². The summed E-state index contributed by atoms with van der Waals surface area (Å²) in [7, 11) is 0. The average Bonchev–Trinajstić information content (AvgIpc) is 3.44. The summed E-state index contributed by atoms with van der Waals surface area (Å²) in [6, 6.07) is 27.1. The molecule has 0 spiro atoms. The van der Waals surface area contributed by atoms with Gasteiger partial charge in [-0.05, 0) is 90.3 Å². The Labute approximate surface area is 199 Å². The summed E-state index contributed by atoms with van der Waals surface area (Å²) in [5.41, 5.74) is 7.22. The molecule has 0 radical (unpaired) electrons. The summed E-state index contributed by atoms with van der Waals surface area (Å²) < 4.78 is 11.8. The molecule has 0 atom stereocenters. The molecule has 160 valence electrons. The topological polar surface area (TPSA) is 52.1 Å². The SMILES string of the molecule is Clc1ccc(-c2nc3cc(Cc4ccc5oc(-c6ccc(Cl)cc6)nc5c4)ccc3o2)cc1. The summed E-state index contributed by atoms with van der Waals surface area (Å²) in [4.78, 5) is 9.32. The third kappa shape index (κ3) is 3.99. The van der Waals surface area contributed by atoms with Gasteiger partial charge < -0.3 is 8.83 Å². The van der Waals surface area contributed by atoms with Gasteiger partial charge >= 0.3 is 0 Å². The second kappa shape index (κ2) is 8.07. The molecule has 0 bridgehead atoms. The molecule has 4 aromatic carbocycles. The van der Waals surface area contributed by atoms with Crippen molar-refractivity contribution < 1.29 is 8.83 Å². The fourth-order valence-electron chi connectivity index (χ4n) is 3.83. The van der Waals surface area contributed by atoms with Crippen LogP contribution in [0, 0.1) is 0 Å². The molecule has 0 unspecified atom stereocenters. The second-order valence-electron chi connectivity index (χ2n) is 7.83. The third-order valence-corrected chi connectivity index (χ3v) is 6.00. The Morgan fingerprint density at radius 3 is 1.39 bits per heavy atom. The zero-order chi connectivity index (χ0) is 22.4. The van der Waals surface area contributed by atoms with Crippen LogP contribution < -0.4 is 0 Å². The lowest BCUT2D eigenvalue weighted by atomic mass is 10.0. The molecule has 2 aromatic heterocycles. The van der Waals surface area contributed by atoms with Crippen molar-refractivity contribution in [2.45, 2.75) is 6.42 Å². The van der Waals surface area contributed by atoms with Crippen molar-refractivity contribution in [1.82, 2.24) is 9.97 Å². The van der Waals surface area contributed by atoms with Crippen LogP contribution in [-0.4, -0.2) is 9.97 Å². The van der Waals surface area contributed by atoms with E-state index in [9.17, 15) is 0 Å². The zero-order valence-electron chi connectivity index (χ0n) is 17.3. The van der Waals surface area contributed by atoms with Crippen LogP contribution in [0.5, 0.6) is 0 Å². The number of fused-ring (bicyclic) bond motifs is 2. The van der Waals surface area contributed by atoms with Crippen molar-refractivity contribution in [2.75, 3.05) is 0 Å². The predicted molar refractivity (Wildman–Crippen MR) is 132 cm³/mol. The first-order valence-corrected chi connectivity index (χ1v) is 11.2. The van der Waals surface area contributed by atoms with Gasteiger partial charge in [-0.25, -0.2) is 9.97 Å². The first-order chi connectivity index (χ1) is 16.1. The van der Waals surface area contributed by atoms with Crippen molar-refractivity contribution in [3.05, 3.63) is 106 Å². The number of rotatable bonds is 4. The Morgan fingerprint density at radius 1 is 0.545 bits per heavy atom. The Balaban J connectivity index is 1.28. The summed E-state index contributed by atoms with van der Waals surface area (Å²) >= 11 is 12.0. The molecule has 6 aromatic rings. The van der Waals surface area contributed by atoms with E-state index in [1.807, 2.05) is 60.7 Å². The average molecular weight is 471 g/mol. The summed E-state index contributed by atoms with van der Waals surface area (Å²) in [5, 5.41) is 1.36. The molecular formula is C27H16Cl2N2O2. The maximum absolute atomic E-state index is 5.98. The molecule has 0 aliphatic heterocycles. The summed E-state index contributed by atoms with van der Waals surface area (Å²) in [6.45, 7) is 0. The molecule has 33 heavy (non-hydrogen) atoms. The number of oxazole rings is 2. The molecule has 4 nitrogen and oxygen atoms in total. The molecule has 0 saturated carbocycles. The van der Waals surface area contributed by atoms with Crippen LogP contribution in [0.2, 0.25) is 10.0 Å². The van der Waals surface area contributed by atoms with E-state index >= 15 is 0 Å². The fourth-order valence-corrected chi connectivity index (χ4v) is 4.09. The molecule has 0 saturated heterocycles. The largest absolute Gasteiger partial charge is 0.436 e. The first-order valence-electron chi connectivity index (χ1n) is 10.4. The van der Waals surface area contributed by atoms with Gasteiger partial charge in [-0.1, -0.05) is 35.3 Å². The van der Waals surface area contributed by atoms with E-state index in [0.29, 0.717) is 21.8 Å². The van der Waals surface area contributed by atoms with Crippen molar-refractivity contribution >= 4 is 45.4 Å². The molecule has 0 N–H and O–H groups in total. The number of halogens is 2. The maximum atomic E-state index is 5.98. The Kier molecular flexibility index (Phi) is 4.90. The molecular weight excluding hydrogens is 455 g/mol. The summed E-state index contributed by atoms with van der Waals surface area (Å²) in [6.07, 6.45) is 0.748. The standard InChI is InChI=1S/C27H16Cl2N2O2/c28-20-7-3-18(4-8-20)26-30-22-14-16(1-11-24(22)32-26)13-17-2-12-25-23(15-17)31-27(33-25)19-5-9-21(29)10-6-19/h1-12,14-15H,13H2. The highest BCUT2D eigenvalue weighted by Crippen LogP contribution is 2.29. The zero-order valence-corrected chi connectivity index (χ0v) is 18.8. The molecule has 2 heterocycles.